The van der Waals surface area contributed by atoms with Gasteiger partial charge in [0.05, 0.1) is 6.26 Å². The third kappa shape index (κ3) is 5.70. The predicted octanol–water partition coefficient (Wildman–Crippen LogP) is -0.590. The number of sulfonamides is 1. The Kier molecular flexibility index (Phi) is 6.41. The van der Waals surface area contributed by atoms with Gasteiger partial charge < -0.3 is 9.80 Å². The van der Waals surface area contributed by atoms with Crippen molar-refractivity contribution in [2.45, 2.75) is 26.3 Å². The van der Waals surface area contributed by atoms with E-state index in [0.29, 0.717) is 18.5 Å². The van der Waals surface area contributed by atoms with Crippen molar-refractivity contribution in [2.24, 2.45) is 5.92 Å². The molecule has 0 aromatic rings. The summed E-state index contributed by atoms with van der Waals surface area (Å²) in [6.07, 6.45) is 2.03. The second kappa shape index (κ2) is 7.92. The molecule has 0 aliphatic carbocycles. The number of hydrogen-bond acceptors (Lipinski definition) is 5. The zero-order chi connectivity index (χ0) is 17.0. The topological polar surface area (TPSA) is 73.0 Å². The van der Waals surface area contributed by atoms with Gasteiger partial charge in [0, 0.05) is 58.8 Å². The van der Waals surface area contributed by atoms with E-state index in [1.165, 1.54) is 6.26 Å². The number of carbonyl (C=O) groups is 1. The van der Waals surface area contributed by atoms with E-state index in [0.717, 1.165) is 52.2 Å². The van der Waals surface area contributed by atoms with Crippen LogP contribution in [0.5, 0.6) is 0 Å². The van der Waals surface area contributed by atoms with Gasteiger partial charge in [0.25, 0.3) is 0 Å². The van der Waals surface area contributed by atoms with Gasteiger partial charge in [0.2, 0.25) is 15.9 Å². The number of amides is 1. The maximum absolute atomic E-state index is 11.4. The molecule has 2 aliphatic rings. The minimum Gasteiger partial charge on any atom is -0.340 e. The SMILES string of the molecule is CC(=O)N1CCN([C@H]2CN(CCCNS(C)(=O)=O)C[C@@H]2C)CC1. The lowest BCUT2D eigenvalue weighted by Crippen LogP contribution is -2.53. The minimum absolute atomic E-state index is 0.170. The molecule has 2 rings (SSSR count). The molecule has 1 N–H and O–H groups in total. The Bertz CT molecular complexity index is 503. The highest BCUT2D eigenvalue weighted by molar-refractivity contribution is 7.88. The summed E-state index contributed by atoms with van der Waals surface area (Å²) in [7, 11) is -3.08. The van der Waals surface area contributed by atoms with Crippen LogP contribution in [0.25, 0.3) is 0 Å². The second-order valence-corrected chi connectivity index (χ2v) is 8.70. The van der Waals surface area contributed by atoms with E-state index in [2.05, 4.69) is 21.4 Å². The van der Waals surface area contributed by atoms with Crippen LogP contribution in [-0.4, -0.2) is 93.7 Å². The Morgan fingerprint density at radius 3 is 2.39 bits per heavy atom. The third-order valence-electron chi connectivity index (χ3n) is 4.89. The van der Waals surface area contributed by atoms with Crippen LogP contribution in [-0.2, 0) is 14.8 Å². The maximum Gasteiger partial charge on any atom is 0.219 e. The smallest absolute Gasteiger partial charge is 0.219 e. The summed E-state index contributed by atoms with van der Waals surface area (Å²) >= 11 is 0. The van der Waals surface area contributed by atoms with Crippen LogP contribution in [0.15, 0.2) is 0 Å². The Labute approximate surface area is 140 Å². The number of carbonyl (C=O) groups excluding carboxylic acids is 1. The van der Waals surface area contributed by atoms with Gasteiger partial charge in [-0.25, -0.2) is 13.1 Å². The van der Waals surface area contributed by atoms with Crippen molar-refractivity contribution in [2.75, 3.05) is 58.6 Å². The third-order valence-corrected chi connectivity index (χ3v) is 5.62. The first-order chi connectivity index (χ1) is 10.8. The highest BCUT2D eigenvalue weighted by atomic mass is 32.2. The lowest BCUT2D eigenvalue weighted by molar-refractivity contribution is -0.130. The molecule has 0 aromatic heterocycles. The van der Waals surface area contributed by atoms with Crippen molar-refractivity contribution in [1.29, 1.82) is 0 Å². The maximum atomic E-state index is 11.4. The molecule has 0 aromatic carbocycles. The summed E-state index contributed by atoms with van der Waals surface area (Å²) < 4.78 is 24.7. The van der Waals surface area contributed by atoms with Gasteiger partial charge in [-0.3, -0.25) is 9.69 Å². The monoisotopic (exact) mass is 346 g/mol. The van der Waals surface area contributed by atoms with E-state index in [1.54, 1.807) is 6.92 Å². The summed E-state index contributed by atoms with van der Waals surface area (Å²) in [6.45, 7) is 11.0. The molecule has 0 bridgehead atoms. The van der Waals surface area contributed by atoms with E-state index in [1.807, 2.05) is 4.90 Å². The van der Waals surface area contributed by atoms with Crippen molar-refractivity contribution < 1.29 is 13.2 Å². The van der Waals surface area contributed by atoms with Crippen molar-refractivity contribution >= 4 is 15.9 Å². The first kappa shape index (κ1) is 18.6. The molecule has 2 heterocycles. The van der Waals surface area contributed by atoms with Crippen LogP contribution in [0.4, 0.5) is 0 Å². The molecule has 0 saturated carbocycles. The summed E-state index contributed by atoms with van der Waals surface area (Å²) in [6, 6.07) is 0.548. The van der Waals surface area contributed by atoms with Crippen molar-refractivity contribution in [3.05, 3.63) is 0 Å². The summed E-state index contributed by atoms with van der Waals surface area (Å²) in [4.78, 5) is 18.3. The fourth-order valence-corrected chi connectivity index (χ4v) is 4.15. The molecule has 23 heavy (non-hydrogen) atoms. The normalized spacial score (nSPS) is 27.5. The molecular formula is C15H30N4O3S. The van der Waals surface area contributed by atoms with Crippen LogP contribution in [0.2, 0.25) is 0 Å². The number of nitrogens with zero attached hydrogens (tertiary/aromatic N) is 3. The first-order valence-corrected chi connectivity index (χ1v) is 10.3. The van der Waals surface area contributed by atoms with Gasteiger partial charge in [-0.05, 0) is 18.9 Å². The zero-order valence-electron chi connectivity index (χ0n) is 14.5. The van der Waals surface area contributed by atoms with Crippen molar-refractivity contribution in [3.8, 4) is 0 Å². The molecule has 2 aliphatic heterocycles. The molecule has 0 radical (unpaired) electrons. The predicted molar refractivity (Wildman–Crippen MR) is 90.7 cm³/mol. The standard InChI is InChI=1S/C15H30N4O3S/c1-13-11-17(6-4-5-16-23(3,21)22)12-15(13)19-9-7-18(8-10-19)14(2)20/h13,15-16H,4-12H2,1-3H3/t13-,15-/m0/s1. The molecule has 2 fully saturated rings. The van der Waals surface area contributed by atoms with Gasteiger partial charge in [-0.15, -0.1) is 0 Å². The number of nitrogens with one attached hydrogen (secondary N) is 1. The van der Waals surface area contributed by atoms with Crippen LogP contribution >= 0.6 is 0 Å². The number of hydrogen-bond donors (Lipinski definition) is 1. The van der Waals surface area contributed by atoms with Crippen molar-refractivity contribution in [3.63, 3.8) is 0 Å². The average Bonchev–Trinajstić information content (AvgIpc) is 2.84. The number of piperazine rings is 1. The molecule has 0 unspecified atom stereocenters. The summed E-state index contributed by atoms with van der Waals surface area (Å²) in [5.41, 5.74) is 0. The van der Waals surface area contributed by atoms with Gasteiger partial charge >= 0.3 is 0 Å². The van der Waals surface area contributed by atoms with Crippen LogP contribution in [0, 0.1) is 5.92 Å². The van der Waals surface area contributed by atoms with E-state index in [-0.39, 0.29) is 5.91 Å². The Morgan fingerprint density at radius 2 is 1.83 bits per heavy atom. The minimum atomic E-state index is -3.08. The van der Waals surface area contributed by atoms with Crippen LogP contribution in [0.3, 0.4) is 0 Å². The van der Waals surface area contributed by atoms with Gasteiger partial charge in [-0.2, -0.15) is 0 Å². The Morgan fingerprint density at radius 1 is 1.17 bits per heavy atom. The summed E-state index contributed by atoms with van der Waals surface area (Å²) in [5.74, 6) is 0.783. The molecular weight excluding hydrogens is 316 g/mol. The second-order valence-electron chi connectivity index (χ2n) is 6.87. The first-order valence-electron chi connectivity index (χ1n) is 8.43. The van der Waals surface area contributed by atoms with Crippen LogP contribution in [0.1, 0.15) is 20.3 Å². The fourth-order valence-electron chi connectivity index (χ4n) is 3.63. The molecule has 2 atom stereocenters. The largest absolute Gasteiger partial charge is 0.340 e. The van der Waals surface area contributed by atoms with Gasteiger partial charge in [0.15, 0.2) is 0 Å². The number of likely N-dealkylation sites (tertiary alicyclic amines) is 1. The van der Waals surface area contributed by atoms with E-state index in [4.69, 9.17) is 0 Å². The van der Waals surface area contributed by atoms with Crippen molar-refractivity contribution in [1.82, 2.24) is 19.4 Å². The zero-order valence-corrected chi connectivity index (χ0v) is 15.3. The molecule has 0 spiro atoms. The molecule has 134 valence electrons. The van der Waals surface area contributed by atoms with Gasteiger partial charge in [0.1, 0.15) is 0 Å². The van der Waals surface area contributed by atoms with E-state index in [9.17, 15) is 13.2 Å². The quantitative estimate of drug-likeness (QED) is 0.651. The molecule has 8 heteroatoms. The highest BCUT2D eigenvalue weighted by Gasteiger charge is 2.35. The van der Waals surface area contributed by atoms with Gasteiger partial charge in [-0.1, -0.05) is 6.92 Å². The fraction of sp³-hybridized carbons (Fsp3) is 0.933. The lowest BCUT2D eigenvalue weighted by Gasteiger charge is -2.39. The molecule has 7 nitrogen and oxygen atoms in total. The highest BCUT2D eigenvalue weighted by Crippen LogP contribution is 2.23. The molecule has 2 saturated heterocycles. The Hall–Kier alpha value is -0.700. The van der Waals surface area contributed by atoms with E-state index >= 15 is 0 Å². The summed E-state index contributed by atoms with van der Waals surface area (Å²) in [5, 5.41) is 0. The lowest BCUT2D eigenvalue weighted by atomic mass is 10.0. The number of rotatable bonds is 6. The van der Waals surface area contributed by atoms with E-state index < -0.39 is 10.0 Å². The Balaban J connectivity index is 1.73. The molecule has 1 amide bonds. The van der Waals surface area contributed by atoms with Crippen LogP contribution < -0.4 is 4.72 Å². The average molecular weight is 346 g/mol.